The topological polar surface area (TPSA) is 0 Å². The Morgan fingerprint density at radius 1 is 0.739 bits per heavy atom. The van der Waals surface area contributed by atoms with Crippen LogP contribution < -0.4 is 3.58 Å². The second-order valence-electron chi connectivity index (χ2n) is 6.77. The van der Waals surface area contributed by atoms with Crippen LogP contribution in [0.5, 0.6) is 0 Å². The van der Waals surface area contributed by atoms with Gasteiger partial charge in [0.2, 0.25) is 0 Å². The number of hydrogen-bond donors (Lipinski definition) is 0. The van der Waals surface area contributed by atoms with Crippen molar-refractivity contribution in [3.05, 3.63) is 29.1 Å². The summed E-state index contributed by atoms with van der Waals surface area (Å²) in [5, 5.41) is 0. The first-order valence-electron chi connectivity index (χ1n) is 9.08. The predicted octanol–water partition coefficient (Wildman–Crippen LogP) is 6.47. The van der Waals surface area contributed by atoms with Crippen molar-refractivity contribution in [3.63, 3.8) is 0 Å². The minimum atomic E-state index is -3.06. The van der Waals surface area contributed by atoms with Crippen LogP contribution in [0.15, 0.2) is 6.07 Å². The molecule has 0 fully saturated rings. The molecule has 0 atom stereocenters. The van der Waals surface area contributed by atoms with E-state index in [4.69, 9.17) is 0 Å². The molecule has 4 heteroatoms. The van der Waals surface area contributed by atoms with Crippen molar-refractivity contribution in [1.82, 2.24) is 0 Å². The molecule has 0 aliphatic rings. The molecule has 0 saturated heterocycles. The Morgan fingerprint density at radius 3 is 1.57 bits per heavy atom. The summed E-state index contributed by atoms with van der Waals surface area (Å²) in [5.74, 6) is -3.16. The third-order valence-electron chi connectivity index (χ3n) is 4.93. The van der Waals surface area contributed by atoms with Crippen LogP contribution in [-0.2, 0) is 0 Å². The fourth-order valence-corrected chi connectivity index (χ4v) is 19.8. The van der Waals surface area contributed by atoms with Crippen LogP contribution >= 0.6 is 0 Å². The average molecular weight is 435 g/mol. The van der Waals surface area contributed by atoms with Crippen molar-refractivity contribution in [2.24, 2.45) is 0 Å². The van der Waals surface area contributed by atoms with Gasteiger partial charge in [-0.05, 0) is 0 Å². The van der Waals surface area contributed by atoms with E-state index in [-0.39, 0.29) is 5.56 Å². The molecule has 1 aromatic carbocycles. The molecule has 0 N–H and O–H groups in total. The molecule has 0 saturated carbocycles. The van der Waals surface area contributed by atoms with Crippen molar-refractivity contribution in [2.75, 3.05) is 0 Å². The van der Waals surface area contributed by atoms with E-state index in [1.807, 2.05) is 0 Å². The maximum absolute atomic E-state index is 14.7. The first kappa shape index (κ1) is 20.9. The SMILES string of the molecule is CCC[CH2][Sn]([CH2]CCC)([CH2]CCC)[c]1cc(C)c(F)c(F)c1F. The number of hydrogen-bond acceptors (Lipinski definition) is 0. The van der Waals surface area contributed by atoms with E-state index < -0.39 is 35.8 Å². The van der Waals surface area contributed by atoms with Crippen LogP contribution in [0, 0.1) is 24.4 Å². The summed E-state index contributed by atoms with van der Waals surface area (Å²) in [7, 11) is 0. The first-order chi connectivity index (χ1) is 10.9. The summed E-state index contributed by atoms with van der Waals surface area (Å²) in [6.07, 6.45) is 6.42. The van der Waals surface area contributed by atoms with E-state index in [1.54, 1.807) is 13.0 Å². The molecule has 0 radical (unpaired) electrons. The fraction of sp³-hybridized carbons (Fsp3) is 0.684. The molecule has 0 spiro atoms. The van der Waals surface area contributed by atoms with Gasteiger partial charge in [-0.3, -0.25) is 0 Å². The third kappa shape index (κ3) is 5.14. The molecule has 132 valence electrons. The predicted molar refractivity (Wildman–Crippen MR) is 95.6 cm³/mol. The van der Waals surface area contributed by atoms with Crippen molar-refractivity contribution in [2.45, 2.75) is 79.5 Å². The molecule has 0 heterocycles. The van der Waals surface area contributed by atoms with E-state index in [0.29, 0.717) is 3.58 Å². The normalized spacial score (nSPS) is 12.0. The Bertz CT molecular complexity index is 478. The zero-order valence-corrected chi connectivity index (χ0v) is 17.9. The van der Waals surface area contributed by atoms with Gasteiger partial charge in [0.25, 0.3) is 0 Å². The molecule has 23 heavy (non-hydrogen) atoms. The van der Waals surface area contributed by atoms with Crippen LogP contribution in [0.2, 0.25) is 13.3 Å². The Labute approximate surface area is 143 Å². The van der Waals surface area contributed by atoms with E-state index in [0.717, 1.165) is 51.8 Å². The number of benzene rings is 1. The first-order valence-corrected chi connectivity index (χ1v) is 16.6. The van der Waals surface area contributed by atoms with E-state index >= 15 is 0 Å². The van der Waals surface area contributed by atoms with Crippen LogP contribution in [0.3, 0.4) is 0 Å². The number of aryl methyl sites for hydroxylation is 1. The van der Waals surface area contributed by atoms with Gasteiger partial charge in [-0.2, -0.15) is 0 Å². The molecular formula is C19H31F3Sn. The Hall–Kier alpha value is -0.191. The zero-order valence-electron chi connectivity index (χ0n) is 15.1. The van der Waals surface area contributed by atoms with Crippen molar-refractivity contribution in [1.29, 1.82) is 0 Å². The van der Waals surface area contributed by atoms with Crippen LogP contribution in [0.4, 0.5) is 13.2 Å². The molecule has 0 amide bonds. The van der Waals surface area contributed by atoms with Gasteiger partial charge in [0.05, 0.1) is 0 Å². The maximum atomic E-state index is 14.7. The molecule has 1 rings (SSSR count). The quantitative estimate of drug-likeness (QED) is 0.292. The van der Waals surface area contributed by atoms with Crippen LogP contribution in [-0.4, -0.2) is 18.4 Å². The molecule has 0 bridgehead atoms. The van der Waals surface area contributed by atoms with Gasteiger partial charge >= 0.3 is 144 Å². The summed E-state index contributed by atoms with van der Waals surface area (Å²) < 4.78 is 46.2. The van der Waals surface area contributed by atoms with Crippen LogP contribution in [0.1, 0.15) is 64.9 Å². The molecule has 0 nitrogen and oxygen atoms in total. The van der Waals surface area contributed by atoms with Crippen molar-refractivity contribution < 1.29 is 13.2 Å². The van der Waals surface area contributed by atoms with E-state index in [2.05, 4.69) is 20.8 Å². The number of halogens is 3. The van der Waals surface area contributed by atoms with Gasteiger partial charge < -0.3 is 0 Å². The summed E-state index contributed by atoms with van der Waals surface area (Å²) in [5.41, 5.74) is 0.254. The third-order valence-corrected chi connectivity index (χ3v) is 20.4. The Morgan fingerprint density at radius 2 is 1.17 bits per heavy atom. The monoisotopic (exact) mass is 436 g/mol. The van der Waals surface area contributed by atoms with Gasteiger partial charge in [0, 0.05) is 0 Å². The summed E-state index contributed by atoms with van der Waals surface area (Å²) in [4.78, 5) is 0. The van der Waals surface area contributed by atoms with Gasteiger partial charge in [0.15, 0.2) is 0 Å². The average Bonchev–Trinajstić information content (AvgIpc) is 2.56. The standard InChI is InChI=1S/C7H4F3.3C4H9.Sn/c1-4-2-3-5(8)7(10)6(4)9;3*1-3-4-2;/h2H,1H3;3*1,3-4H2,2H3;. The van der Waals surface area contributed by atoms with Crippen LogP contribution in [0.25, 0.3) is 0 Å². The second-order valence-corrected chi connectivity index (χ2v) is 19.9. The van der Waals surface area contributed by atoms with Gasteiger partial charge in [0.1, 0.15) is 0 Å². The Kier molecular flexibility index (Phi) is 9.02. The minimum absolute atomic E-state index is 0.254. The molecule has 0 aliphatic heterocycles. The summed E-state index contributed by atoms with van der Waals surface area (Å²) in [6, 6.07) is 1.64. The number of rotatable bonds is 10. The number of unbranched alkanes of at least 4 members (excludes halogenated alkanes) is 3. The molecule has 0 aromatic heterocycles. The van der Waals surface area contributed by atoms with E-state index in [1.165, 1.54) is 0 Å². The van der Waals surface area contributed by atoms with Gasteiger partial charge in [-0.25, -0.2) is 0 Å². The molecule has 0 aliphatic carbocycles. The zero-order chi connectivity index (χ0) is 17.5. The summed E-state index contributed by atoms with van der Waals surface area (Å²) >= 11 is -3.06. The molecular weight excluding hydrogens is 404 g/mol. The van der Waals surface area contributed by atoms with Crippen molar-refractivity contribution in [3.8, 4) is 0 Å². The second kappa shape index (κ2) is 9.95. The molecule has 0 unspecified atom stereocenters. The van der Waals surface area contributed by atoms with E-state index in [9.17, 15) is 13.2 Å². The fourth-order valence-electron chi connectivity index (χ4n) is 3.44. The van der Waals surface area contributed by atoms with Gasteiger partial charge in [-0.1, -0.05) is 0 Å². The van der Waals surface area contributed by atoms with Gasteiger partial charge in [-0.15, -0.1) is 0 Å². The molecule has 1 aromatic rings. The summed E-state index contributed by atoms with van der Waals surface area (Å²) in [6.45, 7) is 7.98. The Balaban J connectivity index is 3.40. The van der Waals surface area contributed by atoms with Crippen molar-refractivity contribution >= 4 is 22.0 Å².